The Morgan fingerprint density at radius 2 is 1.88 bits per heavy atom. The first-order valence-corrected chi connectivity index (χ1v) is 13.1. The zero-order valence-corrected chi connectivity index (χ0v) is 20.7. The number of rotatable bonds is 10. The summed E-state index contributed by atoms with van der Waals surface area (Å²) in [5.41, 5.74) is 6.46. The Balaban J connectivity index is 1.28. The molecule has 2 aromatic rings. The van der Waals surface area contributed by atoms with Crippen LogP contribution in [-0.2, 0) is 24.0 Å². The van der Waals surface area contributed by atoms with Crippen molar-refractivity contribution in [3.8, 4) is 0 Å². The molecule has 3 nitrogen and oxygen atoms in total. The number of Topliss-reactive ketones (excluding diaryl/α,β-unsaturated/α-hetero) is 1. The van der Waals surface area contributed by atoms with E-state index in [-0.39, 0.29) is 5.78 Å². The first-order chi connectivity index (χ1) is 16.0. The van der Waals surface area contributed by atoms with Gasteiger partial charge in [0.2, 0.25) is 0 Å². The normalized spacial score (nSPS) is 21.2. The van der Waals surface area contributed by atoms with Crippen LogP contribution in [0.5, 0.6) is 0 Å². The van der Waals surface area contributed by atoms with Crippen LogP contribution in [0.15, 0.2) is 42.5 Å². The summed E-state index contributed by atoms with van der Waals surface area (Å²) in [6.07, 6.45) is 8.80. The summed E-state index contributed by atoms with van der Waals surface area (Å²) in [5.74, 6) is 1.40. The van der Waals surface area contributed by atoms with Crippen LogP contribution in [0.2, 0.25) is 0 Å². The molecule has 1 heterocycles. The summed E-state index contributed by atoms with van der Waals surface area (Å²) in [4.78, 5) is 12.9. The van der Waals surface area contributed by atoms with Crippen molar-refractivity contribution in [3.05, 3.63) is 70.3 Å². The zero-order chi connectivity index (χ0) is 23.2. The van der Waals surface area contributed by atoms with Crippen molar-refractivity contribution < 1.29 is 9.53 Å². The van der Waals surface area contributed by atoms with E-state index in [9.17, 15) is 4.79 Å². The number of benzene rings is 2. The van der Waals surface area contributed by atoms with Gasteiger partial charge in [0.1, 0.15) is 0 Å². The molecule has 0 radical (unpaired) electrons. The minimum absolute atomic E-state index is 0.289. The monoisotopic (exact) mass is 447 g/mol. The second-order valence-corrected chi connectivity index (χ2v) is 10.7. The van der Waals surface area contributed by atoms with Gasteiger partial charge in [-0.15, -0.1) is 0 Å². The van der Waals surface area contributed by atoms with Crippen LogP contribution in [0, 0.1) is 11.8 Å². The van der Waals surface area contributed by atoms with Gasteiger partial charge in [0.05, 0.1) is 6.10 Å². The molecule has 1 aliphatic carbocycles. The van der Waals surface area contributed by atoms with Crippen molar-refractivity contribution in [2.24, 2.45) is 11.8 Å². The fraction of sp³-hybridized carbons (Fsp3) is 0.567. The first kappa shape index (κ1) is 24.2. The summed E-state index contributed by atoms with van der Waals surface area (Å²) >= 11 is 0. The molecule has 0 unspecified atom stereocenters. The van der Waals surface area contributed by atoms with Gasteiger partial charge in [0.25, 0.3) is 0 Å². The summed E-state index contributed by atoms with van der Waals surface area (Å²) < 4.78 is 5.73. The molecule has 33 heavy (non-hydrogen) atoms. The van der Waals surface area contributed by atoms with Gasteiger partial charge in [-0.1, -0.05) is 56.3 Å². The van der Waals surface area contributed by atoms with Gasteiger partial charge >= 0.3 is 0 Å². The molecule has 1 aliphatic heterocycles. The Morgan fingerprint density at radius 1 is 1.06 bits per heavy atom. The Hall–Kier alpha value is -1.97. The summed E-state index contributed by atoms with van der Waals surface area (Å²) in [7, 11) is 0. The number of nitrogens with one attached hydrogen (secondary N) is 1. The summed E-state index contributed by atoms with van der Waals surface area (Å²) in [5, 5.41) is 3.63. The standard InChI is InChI=1S/C30H41NO2/c1-21(2)20-31-22(3)26-13-14-27-17-24(8-12-28(27)19-26)18-30(32)25-10-6-23(7-11-25)9-15-29-5-4-16-33-29/h6-7,10-11,13-14,19,21-22,24,29,31H,4-5,8-9,12,15-18,20H2,1-3H3/t22-,24+,29+/m1/s1. The molecule has 3 atom stereocenters. The zero-order valence-electron chi connectivity index (χ0n) is 20.7. The van der Waals surface area contributed by atoms with E-state index in [1.807, 2.05) is 12.1 Å². The number of ether oxygens (including phenoxy) is 1. The minimum Gasteiger partial charge on any atom is -0.378 e. The average molecular weight is 448 g/mol. The number of hydrogen-bond donors (Lipinski definition) is 1. The summed E-state index contributed by atoms with van der Waals surface area (Å²) in [6, 6.07) is 15.7. The molecule has 2 aliphatic rings. The molecular weight excluding hydrogens is 406 g/mol. The van der Waals surface area contributed by atoms with Crippen molar-refractivity contribution in [1.29, 1.82) is 0 Å². The van der Waals surface area contributed by atoms with Gasteiger partial charge < -0.3 is 10.1 Å². The smallest absolute Gasteiger partial charge is 0.163 e. The van der Waals surface area contributed by atoms with Crippen LogP contribution in [0.3, 0.4) is 0 Å². The molecule has 0 saturated carbocycles. The van der Waals surface area contributed by atoms with Crippen LogP contribution in [0.4, 0.5) is 0 Å². The Morgan fingerprint density at radius 3 is 2.61 bits per heavy atom. The fourth-order valence-electron chi connectivity index (χ4n) is 5.26. The predicted octanol–water partition coefficient (Wildman–Crippen LogP) is 6.48. The lowest BCUT2D eigenvalue weighted by Gasteiger charge is -2.26. The van der Waals surface area contributed by atoms with Crippen LogP contribution in [0.25, 0.3) is 0 Å². The second-order valence-electron chi connectivity index (χ2n) is 10.7. The highest BCUT2D eigenvalue weighted by Crippen LogP contribution is 2.30. The lowest BCUT2D eigenvalue weighted by molar-refractivity contribution is 0.0957. The first-order valence-electron chi connectivity index (χ1n) is 13.1. The van der Waals surface area contributed by atoms with E-state index in [1.165, 1.54) is 35.1 Å². The number of ketones is 1. The van der Waals surface area contributed by atoms with Crippen molar-refractivity contribution in [3.63, 3.8) is 0 Å². The van der Waals surface area contributed by atoms with Crippen LogP contribution < -0.4 is 5.32 Å². The lowest BCUT2D eigenvalue weighted by atomic mass is 9.80. The molecule has 0 spiro atoms. The highest BCUT2D eigenvalue weighted by molar-refractivity contribution is 5.96. The van der Waals surface area contributed by atoms with E-state index < -0.39 is 0 Å². The Bertz CT molecular complexity index is 911. The molecule has 0 amide bonds. The van der Waals surface area contributed by atoms with Crippen LogP contribution in [0.1, 0.15) is 91.5 Å². The predicted molar refractivity (Wildman–Crippen MR) is 136 cm³/mol. The largest absolute Gasteiger partial charge is 0.378 e. The van der Waals surface area contributed by atoms with Gasteiger partial charge in [-0.05, 0) is 92.5 Å². The van der Waals surface area contributed by atoms with E-state index in [1.54, 1.807) is 0 Å². The molecular formula is C30H41NO2. The van der Waals surface area contributed by atoms with Gasteiger partial charge in [-0.2, -0.15) is 0 Å². The molecule has 0 bridgehead atoms. The third kappa shape index (κ3) is 6.77. The highest BCUT2D eigenvalue weighted by Gasteiger charge is 2.23. The van der Waals surface area contributed by atoms with E-state index >= 15 is 0 Å². The molecule has 1 saturated heterocycles. The molecule has 1 N–H and O–H groups in total. The maximum atomic E-state index is 12.9. The van der Waals surface area contributed by atoms with Gasteiger partial charge in [-0.3, -0.25) is 4.79 Å². The third-order valence-electron chi connectivity index (χ3n) is 7.42. The number of fused-ring (bicyclic) bond motifs is 1. The van der Waals surface area contributed by atoms with E-state index in [0.29, 0.717) is 30.4 Å². The molecule has 3 heteroatoms. The maximum Gasteiger partial charge on any atom is 0.163 e. The molecule has 2 aromatic carbocycles. The SMILES string of the molecule is CC(C)CN[C@H](C)c1ccc2c(c1)CC[C@H](CC(=O)c1ccc(CC[C@@H]3CCCO3)cc1)C2. The van der Waals surface area contributed by atoms with E-state index in [2.05, 4.69) is 56.4 Å². The van der Waals surface area contributed by atoms with Crippen molar-refractivity contribution >= 4 is 5.78 Å². The molecule has 1 fully saturated rings. The number of aryl methyl sites for hydroxylation is 2. The van der Waals surface area contributed by atoms with Gasteiger partial charge in [0.15, 0.2) is 5.78 Å². The molecule has 178 valence electrons. The van der Waals surface area contributed by atoms with Crippen LogP contribution in [-0.4, -0.2) is 25.0 Å². The number of carbonyl (C=O) groups is 1. The second kappa shape index (κ2) is 11.4. The summed E-state index contributed by atoms with van der Waals surface area (Å²) in [6.45, 7) is 8.70. The Labute approximate surface area is 200 Å². The minimum atomic E-state index is 0.289. The fourth-order valence-corrected chi connectivity index (χ4v) is 5.26. The van der Waals surface area contributed by atoms with Crippen molar-refractivity contribution in [1.82, 2.24) is 5.32 Å². The number of hydrogen-bond acceptors (Lipinski definition) is 3. The van der Waals surface area contributed by atoms with Gasteiger partial charge in [-0.25, -0.2) is 0 Å². The average Bonchev–Trinajstić information content (AvgIpc) is 3.35. The van der Waals surface area contributed by atoms with Gasteiger partial charge in [0, 0.05) is 24.6 Å². The Kier molecular flexibility index (Phi) is 8.38. The highest BCUT2D eigenvalue weighted by atomic mass is 16.5. The van der Waals surface area contributed by atoms with E-state index in [0.717, 1.165) is 50.8 Å². The molecule has 4 rings (SSSR count). The molecule has 0 aromatic heterocycles. The van der Waals surface area contributed by atoms with Crippen molar-refractivity contribution in [2.45, 2.75) is 84.3 Å². The lowest BCUT2D eigenvalue weighted by Crippen LogP contribution is -2.24. The topological polar surface area (TPSA) is 38.3 Å². The van der Waals surface area contributed by atoms with E-state index in [4.69, 9.17) is 4.74 Å². The van der Waals surface area contributed by atoms with Crippen LogP contribution >= 0.6 is 0 Å². The quantitative estimate of drug-likeness (QED) is 0.424. The third-order valence-corrected chi connectivity index (χ3v) is 7.42. The maximum absolute atomic E-state index is 12.9. The van der Waals surface area contributed by atoms with Crippen molar-refractivity contribution in [2.75, 3.05) is 13.2 Å². The number of carbonyl (C=O) groups excluding carboxylic acids is 1.